The summed E-state index contributed by atoms with van der Waals surface area (Å²) >= 11 is 5.85. The van der Waals surface area contributed by atoms with Gasteiger partial charge in [0.1, 0.15) is 5.82 Å². The van der Waals surface area contributed by atoms with E-state index >= 15 is 0 Å². The Morgan fingerprint density at radius 1 is 1.11 bits per heavy atom. The molecule has 0 radical (unpaired) electrons. The van der Waals surface area contributed by atoms with Gasteiger partial charge < -0.3 is 4.98 Å². The molecule has 3 aromatic rings. The van der Waals surface area contributed by atoms with Gasteiger partial charge in [0.25, 0.3) is 0 Å². The van der Waals surface area contributed by atoms with Crippen molar-refractivity contribution in [2.45, 2.75) is 0 Å². The van der Waals surface area contributed by atoms with Crippen molar-refractivity contribution in [3.63, 3.8) is 0 Å². The predicted molar refractivity (Wildman–Crippen MR) is 71.3 cm³/mol. The maximum Gasteiger partial charge on any atom is 0.138 e. The number of nitrogens with zero attached hydrogens (tertiary/aromatic N) is 2. The Labute approximate surface area is 109 Å². The molecule has 0 aliphatic carbocycles. The van der Waals surface area contributed by atoms with Crippen LogP contribution in [0.1, 0.15) is 5.56 Å². The van der Waals surface area contributed by atoms with Gasteiger partial charge in [0.15, 0.2) is 0 Å². The lowest BCUT2D eigenvalue weighted by Crippen LogP contribution is -1.78. The van der Waals surface area contributed by atoms with Gasteiger partial charge in [0, 0.05) is 10.6 Å². The lowest BCUT2D eigenvalue weighted by molar-refractivity contribution is 1.34. The van der Waals surface area contributed by atoms with Gasteiger partial charge >= 0.3 is 0 Å². The quantitative estimate of drug-likeness (QED) is 0.718. The molecule has 0 aliphatic rings. The maximum atomic E-state index is 8.85. The fraction of sp³-hybridized carbons (Fsp3) is 0. The lowest BCUT2D eigenvalue weighted by Gasteiger charge is -1.95. The van der Waals surface area contributed by atoms with Crippen molar-refractivity contribution in [2.75, 3.05) is 0 Å². The first-order valence-electron chi connectivity index (χ1n) is 5.42. The second kappa shape index (κ2) is 4.17. The molecule has 18 heavy (non-hydrogen) atoms. The minimum atomic E-state index is 0.619. The first kappa shape index (κ1) is 10.8. The van der Waals surface area contributed by atoms with Gasteiger partial charge in [-0.1, -0.05) is 11.6 Å². The Hall–Kier alpha value is -2.31. The van der Waals surface area contributed by atoms with E-state index in [0.717, 1.165) is 22.4 Å². The molecule has 4 heteroatoms. The highest BCUT2D eigenvalue weighted by Gasteiger charge is 2.05. The summed E-state index contributed by atoms with van der Waals surface area (Å²) in [5.74, 6) is 0.775. The number of aromatic amines is 1. The lowest BCUT2D eigenvalue weighted by atomic mass is 10.2. The number of halogens is 1. The summed E-state index contributed by atoms with van der Waals surface area (Å²) in [6.07, 6.45) is 0. The van der Waals surface area contributed by atoms with Crippen LogP contribution >= 0.6 is 11.6 Å². The van der Waals surface area contributed by atoms with Gasteiger partial charge in [0.2, 0.25) is 0 Å². The highest BCUT2D eigenvalue weighted by Crippen LogP contribution is 2.22. The molecule has 0 aliphatic heterocycles. The predicted octanol–water partition coefficient (Wildman–Crippen LogP) is 3.75. The van der Waals surface area contributed by atoms with E-state index in [1.165, 1.54) is 0 Å². The zero-order valence-corrected chi connectivity index (χ0v) is 10.1. The molecule has 0 unspecified atom stereocenters. The van der Waals surface area contributed by atoms with Crippen LogP contribution in [0, 0.1) is 11.3 Å². The van der Waals surface area contributed by atoms with E-state index in [4.69, 9.17) is 16.9 Å². The van der Waals surface area contributed by atoms with Crippen molar-refractivity contribution in [2.24, 2.45) is 0 Å². The number of hydrogen-bond donors (Lipinski definition) is 1. The van der Waals surface area contributed by atoms with E-state index in [9.17, 15) is 0 Å². The Bertz CT molecular complexity index is 751. The van der Waals surface area contributed by atoms with E-state index in [1.54, 1.807) is 12.1 Å². The molecule has 0 saturated heterocycles. The Morgan fingerprint density at radius 2 is 1.89 bits per heavy atom. The molecule has 2 aromatic carbocycles. The maximum absolute atomic E-state index is 8.85. The topological polar surface area (TPSA) is 52.5 Å². The van der Waals surface area contributed by atoms with Crippen LogP contribution in [0.2, 0.25) is 5.02 Å². The Kier molecular flexibility index (Phi) is 2.51. The van der Waals surface area contributed by atoms with Gasteiger partial charge in [-0.25, -0.2) is 4.98 Å². The van der Waals surface area contributed by atoms with Crippen molar-refractivity contribution in [3.8, 4) is 17.5 Å². The number of hydrogen-bond acceptors (Lipinski definition) is 2. The van der Waals surface area contributed by atoms with Gasteiger partial charge in [-0.15, -0.1) is 0 Å². The molecule has 0 spiro atoms. The SMILES string of the molecule is N#Cc1ccc2nc(-c3ccc(Cl)cc3)[nH]c2c1. The first-order chi connectivity index (χ1) is 8.76. The minimum absolute atomic E-state index is 0.619. The smallest absolute Gasteiger partial charge is 0.138 e. The summed E-state index contributed by atoms with van der Waals surface area (Å²) in [5, 5.41) is 9.55. The second-order valence-electron chi connectivity index (χ2n) is 3.94. The number of aromatic nitrogens is 2. The zero-order chi connectivity index (χ0) is 12.5. The standard InChI is InChI=1S/C14H8ClN3/c15-11-4-2-10(3-5-11)14-17-12-6-1-9(8-16)7-13(12)18-14/h1-7H,(H,17,18). The van der Waals surface area contributed by atoms with Crippen LogP contribution in [0.25, 0.3) is 22.4 Å². The van der Waals surface area contributed by atoms with E-state index in [1.807, 2.05) is 30.3 Å². The first-order valence-corrected chi connectivity index (χ1v) is 5.80. The third kappa shape index (κ3) is 1.83. The molecular formula is C14H8ClN3. The number of benzene rings is 2. The van der Waals surface area contributed by atoms with Gasteiger partial charge in [-0.3, -0.25) is 0 Å². The normalized spacial score (nSPS) is 10.4. The number of imidazole rings is 1. The molecule has 1 aromatic heterocycles. The molecule has 86 valence electrons. The minimum Gasteiger partial charge on any atom is -0.338 e. The fourth-order valence-electron chi connectivity index (χ4n) is 1.82. The largest absolute Gasteiger partial charge is 0.338 e. The highest BCUT2D eigenvalue weighted by molar-refractivity contribution is 6.30. The molecule has 3 rings (SSSR count). The summed E-state index contributed by atoms with van der Waals surface area (Å²) in [6, 6.07) is 15.0. The molecule has 0 bridgehead atoms. The number of H-pyrrole nitrogens is 1. The van der Waals surface area contributed by atoms with Gasteiger partial charge in [-0.2, -0.15) is 5.26 Å². The van der Waals surface area contributed by atoms with E-state index in [-0.39, 0.29) is 0 Å². The average molecular weight is 254 g/mol. The van der Waals surface area contributed by atoms with Crippen LogP contribution in [0.15, 0.2) is 42.5 Å². The van der Waals surface area contributed by atoms with Crippen LogP contribution in [-0.2, 0) is 0 Å². The molecule has 1 N–H and O–H groups in total. The van der Waals surface area contributed by atoms with Crippen molar-refractivity contribution < 1.29 is 0 Å². The number of nitriles is 1. The van der Waals surface area contributed by atoms with Gasteiger partial charge in [-0.05, 0) is 42.5 Å². The highest BCUT2D eigenvalue weighted by atomic mass is 35.5. The van der Waals surface area contributed by atoms with E-state index < -0.39 is 0 Å². The summed E-state index contributed by atoms with van der Waals surface area (Å²) in [6.45, 7) is 0. The van der Waals surface area contributed by atoms with Crippen LogP contribution in [0.4, 0.5) is 0 Å². The molecule has 1 heterocycles. The van der Waals surface area contributed by atoms with Crippen molar-refractivity contribution in [1.29, 1.82) is 5.26 Å². The van der Waals surface area contributed by atoms with E-state index in [0.29, 0.717) is 10.6 Å². The monoisotopic (exact) mass is 253 g/mol. The van der Waals surface area contributed by atoms with Crippen LogP contribution in [0.5, 0.6) is 0 Å². The zero-order valence-electron chi connectivity index (χ0n) is 9.31. The summed E-state index contributed by atoms with van der Waals surface area (Å²) < 4.78 is 0. The Morgan fingerprint density at radius 3 is 2.61 bits per heavy atom. The summed E-state index contributed by atoms with van der Waals surface area (Å²) in [7, 11) is 0. The second-order valence-corrected chi connectivity index (χ2v) is 4.37. The molecular weight excluding hydrogens is 246 g/mol. The summed E-state index contributed by atoms with van der Waals surface area (Å²) in [4.78, 5) is 7.68. The van der Waals surface area contributed by atoms with Crippen molar-refractivity contribution in [1.82, 2.24) is 9.97 Å². The number of fused-ring (bicyclic) bond motifs is 1. The molecule has 0 atom stereocenters. The average Bonchev–Trinajstić information content (AvgIpc) is 2.82. The fourth-order valence-corrected chi connectivity index (χ4v) is 1.95. The van der Waals surface area contributed by atoms with Crippen LogP contribution in [0.3, 0.4) is 0 Å². The number of nitrogens with one attached hydrogen (secondary N) is 1. The Balaban J connectivity index is 2.13. The number of rotatable bonds is 1. The van der Waals surface area contributed by atoms with Crippen molar-refractivity contribution >= 4 is 22.6 Å². The van der Waals surface area contributed by atoms with Crippen LogP contribution in [-0.4, -0.2) is 9.97 Å². The molecule has 0 saturated carbocycles. The molecule has 0 fully saturated rings. The molecule has 0 amide bonds. The van der Waals surface area contributed by atoms with Gasteiger partial charge in [0.05, 0.1) is 22.7 Å². The van der Waals surface area contributed by atoms with E-state index in [2.05, 4.69) is 16.0 Å². The van der Waals surface area contributed by atoms with Crippen molar-refractivity contribution in [3.05, 3.63) is 53.1 Å². The van der Waals surface area contributed by atoms with Crippen LogP contribution < -0.4 is 0 Å². The third-order valence-electron chi connectivity index (χ3n) is 2.73. The molecule has 3 nitrogen and oxygen atoms in total. The third-order valence-corrected chi connectivity index (χ3v) is 2.98. The summed E-state index contributed by atoms with van der Waals surface area (Å²) in [5.41, 5.74) is 3.29.